The summed E-state index contributed by atoms with van der Waals surface area (Å²) in [6.07, 6.45) is 3.48. The molecule has 2 amide bonds. The van der Waals surface area contributed by atoms with Gasteiger partial charge in [-0.05, 0) is 51.5 Å². The Kier molecular flexibility index (Phi) is 6.98. The number of amides is 2. The number of aryl methyl sites for hydroxylation is 1. The number of carbonyl (C=O) groups is 2. The average molecular weight is 404 g/mol. The summed E-state index contributed by atoms with van der Waals surface area (Å²) in [5, 5.41) is 7.74. The van der Waals surface area contributed by atoms with Gasteiger partial charge in [-0.1, -0.05) is 13.8 Å². The van der Waals surface area contributed by atoms with E-state index in [9.17, 15) is 9.59 Å². The fraction of sp³-hybridized carbons (Fsp3) is 0.773. The predicted octanol–water partition coefficient (Wildman–Crippen LogP) is 1.90. The van der Waals surface area contributed by atoms with Crippen LogP contribution in [0.4, 0.5) is 0 Å². The molecule has 7 nitrogen and oxygen atoms in total. The molecule has 3 rings (SSSR count). The van der Waals surface area contributed by atoms with E-state index >= 15 is 0 Å². The number of rotatable bonds is 8. The lowest BCUT2D eigenvalue weighted by Crippen LogP contribution is -2.55. The standard InChI is InChI=1S/C22H37N5O2/c1-15(2)14-27-17(4)20(16(3)24-27)8-9-21(28)26-12-10-25(11-13-26)18(5)22(29)23-19-6-7-19/h15,18-19H,6-14H2,1-5H3,(H,23,29). The van der Waals surface area contributed by atoms with Crippen molar-refractivity contribution in [1.82, 2.24) is 24.9 Å². The minimum atomic E-state index is -0.120. The van der Waals surface area contributed by atoms with E-state index in [1.807, 2.05) is 18.7 Å². The molecular weight excluding hydrogens is 366 g/mol. The van der Waals surface area contributed by atoms with E-state index in [0.29, 0.717) is 31.5 Å². The van der Waals surface area contributed by atoms with E-state index in [1.54, 1.807) is 0 Å². The van der Waals surface area contributed by atoms with Crippen molar-refractivity contribution in [2.75, 3.05) is 26.2 Å². The van der Waals surface area contributed by atoms with E-state index < -0.39 is 0 Å². The van der Waals surface area contributed by atoms with Crippen LogP contribution < -0.4 is 5.32 Å². The molecule has 1 unspecified atom stereocenters. The highest BCUT2D eigenvalue weighted by Crippen LogP contribution is 2.20. The maximum atomic E-state index is 12.7. The first-order valence-corrected chi connectivity index (χ1v) is 11.1. The van der Waals surface area contributed by atoms with E-state index in [4.69, 9.17) is 0 Å². The molecule has 1 atom stereocenters. The highest BCUT2D eigenvalue weighted by molar-refractivity contribution is 5.82. The molecule has 29 heavy (non-hydrogen) atoms. The summed E-state index contributed by atoms with van der Waals surface area (Å²) in [6, 6.07) is 0.273. The third-order valence-corrected chi connectivity index (χ3v) is 6.18. The minimum absolute atomic E-state index is 0.120. The fourth-order valence-electron chi connectivity index (χ4n) is 4.08. The molecule has 1 aromatic rings. The third kappa shape index (κ3) is 5.59. The number of hydrogen-bond acceptors (Lipinski definition) is 4. The van der Waals surface area contributed by atoms with Crippen molar-refractivity contribution in [1.29, 1.82) is 0 Å². The smallest absolute Gasteiger partial charge is 0.237 e. The average Bonchev–Trinajstić information content (AvgIpc) is 3.45. The van der Waals surface area contributed by atoms with E-state index in [2.05, 4.69) is 40.8 Å². The van der Waals surface area contributed by atoms with Gasteiger partial charge in [0.2, 0.25) is 11.8 Å². The fourth-order valence-corrected chi connectivity index (χ4v) is 4.08. The van der Waals surface area contributed by atoms with Crippen LogP contribution in [0.5, 0.6) is 0 Å². The Morgan fingerprint density at radius 1 is 1.10 bits per heavy atom. The summed E-state index contributed by atoms with van der Waals surface area (Å²) in [6.45, 7) is 14.3. The van der Waals surface area contributed by atoms with Crippen LogP contribution in [-0.2, 0) is 22.6 Å². The van der Waals surface area contributed by atoms with Crippen LogP contribution in [0, 0.1) is 19.8 Å². The molecule has 1 aliphatic heterocycles. The number of aromatic nitrogens is 2. The molecule has 2 aliphatic rings. The number of nitrogens with one attached hydrogen (secondary N) is 1. The maximum absolute atomic E-state index is 12.7. The lowest BCUT2D eigenvalue weighted by Gasteiger charge is -2.37. The number of nitrogens with zero attached hydrogens (tertiary/aromatic N) is 4. The third-order valence-electron chi connectivity index (χ3n) is 6.18. The number of hydrogen-bond donors (Lipinski definition) is 1. The molecule has 1 aliphatic carbocycles. The topological polar surface area (TPSA) is 70.5 Å². The second-order valence-corrected chi connectivity index (χ2v) is 9.10. The van der Waals surface area contributed by atoms with E-state index in [1.165, 1.54) is 11.3 Å². The summed E-state index contributed by atoms with van der Waals surface area (Å²) in [7, 11) is 0. The van der Waals surface area contributed by atoms with Gasteiger partial charge in [0.1, 0.15) is 0 Å². The molecule has 0 radical (unpaired) electrons. The normalized spacial score (nSPS) is 18.9. The predicted molar refractivity (Wildman–Crippen MR) is 114 cm³/mol. The van der Waals surface area contributed by atoms with Crippen molar-refractivity contribution in [2.24, 2.45) is 5.92 Å². The maximum Gasteiger partial charge on any atom is 0.237 e. The first-order chi connectivity index (χ1) is 13.8. The summed E-state index contributed by atoms with van der Waals surface area (Å²) in [4.78, 5) is 29.1. The van der Waals surface area contributed by atoms with E-state index in [-0.39, 0.29) is 17.9 Å². The summed E-state index contributed by atoms with van der Waals surface area (Å²) in [5.41, 5.74) is 3.43. The minimum Gasteiger partial charge on any atom is -0.352 e. The zero-order valence-electron chi connectivity index (χ0n) is 18.7. The zero-order chi connectivity index (χ0) is 21.1. The van der Waals surface area contributed by atoms with Gasteiger partial charge in [-0.3, -0.25) is 19.2 Å². The molecule has 7 heteroatoms. The van der Waals surface area contributed by atoms with Crippen LogP contribution in [0.2, 0.25) is 0 Å². The van der Waals surface area contributed by atoms with Gasteiger partial charge in [-0.2, -0.15) is 5.10 Å². The Balaban J connectivity index is 1.46. The van der Waals surface area contributed by atoms with Crippen LogP contribution in [0.15, 0.2) is 0 Å². The van der Waals surface area contributed by atoms with Gasteiger partial charge in [-0.25, -0.2) is 0 Å². The Morgan fingerprint density at radius 3 is 2.34 bits per heavy atom. The Hall–Kier alpha value is -1.89. The van der Waals surface area contributed by atoms with Crippen molar-refractivity contribution in [2.45, 2.75) is 78.9 Å². The van der Waals surface area contributed by atoms with Gasteiger partial charge in [-0.15, -0.1) is 0 Å². The Labute approximate surface area is 174 Å². The molecule has 1 saturated heterocycles. The summed E-state index contributed by atoms with van der Waals surface area (Å²) in [5.74, 6) is 0.874. The summed E-state index contributed by atoms with van der Waals surface area (Å²) < 4.78 is 2.08. The van der Waals surface area contributed by atoms with Crippen LogP contribution in [0.1, 0.15) is 57.0 Å². The van der Waals surface area contributed by atoms with Gasteiger partial charge in [0, 0.05) is 50.9 Å². The molecule has 0 aromatic carbocycles. The molecule has 0 bridgehead atoms. The van der Waals surface area contributed by atoms with Crippen molar-refractivity contribution < 1.29 is 9.59 Å². The number of carbonyl (C=O) groups excluding carboxylic acids is 2. The second kappa shape index (κ2) is 9.28. The highest BCUT2D eigenvalue weighted by Gasteiger charge is 2.30. The second-order valence-electron chi connectivity index (χ2n) is 9.10. The SMILES string of the molecule is Cc1nn(CC(C)C)c(C)c1CCC(=O)N1CCN(C(C)C(=O)NC2CC2)CC1. The van der Waals surface area contributed by atoms with Gasteiger partial charge in [0.25, 0.3) is 0 Å². The van der Waals surface area contributed by atoms with Crippen molar-refractivity contribution in [3.63, 3.8) is 0 Å². The van der Waals surface area contributed by atoms with Crippen LogP contribution in [0.3, 0.4) is 0 Å². The first-order valence-electron chi connectivity index (χ1n) is 11.1. The van der Waals surface area contributed by atoms with Crippen molar-refractivity contribution in [3.8, 4) is 0 Å². The first kappa shape index (κ1) is 21.8. The van der Waals surface area contributed by atoms with Crippen LogP contribution in [0.25, 0.3) is 0 Å². The Morgan fingerprint density at radius 2 is 1.76 bits per heavy atom. The zero-order valence-corrected chi connectivity index (χ0v) is 18.7. The molecule has 1 aromatic heterocycles. The molecule has 2 heterocycles. The van der Waals surface area contributed by atoms with E-state index in [0.717, 1.165) is 44.6 Å². The molecule has 1 saturated carbocycles. The lowest BCUT2D eigenvalue weighted by molar-refractivity contribution is -0.134. The summed E-state index contributed by atoms with van der Waals surface area (Å²) >= 11 is 0. The van der Waals surface area contributed by atoms with Crippen LogP contribution in [-0.4, -0.2) is 69.7 Å². The lowest BCUT2D eigenvalue weighted by atomic mass is 10.1. The van der Waals surface area contributed by atoms with Gasteiger partial charge in [0.15, 0.2) is 0 Å². The Bertz CT molecular complexity index is 730. The molecule has 1 N–H and O–H groups in total. The van der Waals surface area contributed by atoms with Gasteiger partial charge >= 0.3 is 0 Å². The van der Waals surface area contributed by atoms with Gasteiger partial charge in [0.05, 0.1) is 11.7 Å². The van der Waals surface area contributed by atoms with Crippen LogP contribution >= 0.6 is 0 Å². The molecule has 2 fully saturated rings. The molecule has 162 valence electrons. The highest BCUT2D eigenvalue weighted by atomic mass is 16.2. The van der Waals surface area contributed by atoms with Gasteiger partial charge < -0.3 is 10.2 Å². The quantitative estimate of drug-likeness (QED) is 0.720. The molecule has 0 spiro atoms. The van der Waals surface area contributed by atoms with Crippen molar-refractivity contribution >= 4 is 11.8 Å². The number of piperazine rings is 1. The monoisotopic (exact) mass is 403 g/mol. The van der Waals surface area contributed by atoms with Crippen molar-refractivity contribution in [3.05, 3.63) is 17.0 Å². The largest absolute Gasteiger partial charge is 0.352 e. The molecular formula is C22H37N5O2.